The van der Waals surface area contributed by atoms with E-state index < -0.39 is 11.9 Å². The summed E-state index contributed by atoms with van der Waals surface area (Å²) < 4.78 is 5.25. The third-order valence-corrected chi connectivity index (χ3v) is 4.22. The monoisotopic (exact) mass is 284 g/mol. The standard InChI is InChI=1S/C14H24N2O4/c17-13(18)11-4-2-1-3-5-12(11)16-14(19)15-8-10-6-7-20-9-10/h10-12H,1-9H2,(H,17,18)(H2,15,16,19). The minimum absolute atomic E-state index is 0.255. The summed E-state index contributed by atoms with van der Waals surface area (Å²) in [4.78, 5) is 23.2. The Kier molecular flexibility index (Phi) is 5.64. The van der Waals surface area contributed by atoms with Crippen molar-refractivity contribution < 1.29 is 19.4 Å². The zero-order chi connectivity index (χ0) is 14.4. The molecule has 0 radical (unpaired) electrons. The molecule has 0 aromatic carbocycles. The van der Waals surface area contributed by atoms with Crippen LogP contribution < -0.4 is 10.6 Å². The van der Waals surface area contributed by atoms with Gasteiger partial charge in [-0.25, -0.2) is 4.79 Å². The molecule has 2 aliphatic rings. The average molecular weight is 284 g/mol. The normalized spacial score (nSPS) is 30.5. The van der Waals surface area contributed by atoms with E-state index in [1.807, 2.05) is 0 Å². The van der Waals surface area contributed by atoms with Gasteiger partial charge in [0.05, 0.1) is 12.5 Å². The van der Waals surface area contributed by atoms with Crippen LogP contribution in [0.2, 0.25) is 0 Å². The lowest BCUT2D eigenvalue weighted by Crippen LogP contribution is -2.48. The maximum absolute atomic E-state index is 11.9. The number of carboxylic acid groups (broad SMARTS) is 1. The van der Waals surface area contributed by atoms with E-state index in [9.17, 15) is 14.7 Å². The first-order valence-electron chi connectivity index (χ1n) is 7.51. The summed E-state index contributed by atoms with van der Waals surface area (Å²) in [5, 5.41) is 14.9. The van der Waals surface area contributed by atoms with Crippen LogP contribution in [0.25, 0.3) is 0 Å². The van der Waals surface area contributed by atoms with E-state index in [0.717, 1.165) is 38.7 Å². The van der Waals surface area contributed by atoms with Gasteiger partial charge in [0, 0.05) is 25.1 Å². The van der Waals surface area contributed by atoms with Crippen molar-refractivity contribution in [2.45, 2.75) is 44.6 Å². The van der Waals surface area contributed by atoms with Crippen LogP contribution in [0.4, 0.5) is 4.79 Å². The number of nitrogens with one attached hydrogen (secondary N) is 2. The van der Waals surface area contributed by atoms with Crippen LogP contribution in [0.15, 0.2) is 0 Å². The minimum atomic E-state index is -0.804. The molecular weight excluding hydrogens is 260 g/mol. The van der Waals surface area contributed by atoms with Crippen molar-refractivity contribution in [3.63, 3.8) is 0 Å². The minimum Gasteiger partial charge on any atom is -0.481 e. The van der Waals surface area contributed by atoms with Gasteiger partial charge in [0.15, 0.2) is 0 Å². The van der Waals surface area contributed by atoms with Crippen molar-refractivity contribution in [1.29, 1.82) is 0 Å². The maximum Gasteiger partial charge on any atom is 0.315 e. The third-order valence-electron chi connectivity index (χ3n) is 4.22. The molecule has 6 nitrogen and oxygen atoms in total. The number of amides is 2. The molecule has 0 spiro atoms. The SMILES string of the molecule is O=C(NCC1CCOC1)NC1CCCCCC1C(=O)O. The molecule has 3 unspecified atom stereocenters. The number of carboxylic acids is 1. The Bertz CT molecular complexity index is 342. The summed E-state index contributed by atoms with van der Waals surface area (Å²) >= 11 is 0. The fraction of sp³-hybridized carbons (Fsp3) is 0.857. The summed E-state index contributed by atoms with van der Waals surface area (Å²) in [6.45, 7) is 2.05. The lowest BCUT2D eigenvalue weighted by atomic mass is 9.95. The van der Waals surface area contributed by atoms with Crippen LogP contribution in [-0.2, 0) is 9.53 Å². The second-order valence-electron chi connectivity index (χ2n) is 5.77. The van der Waals surface area contributed by atoms with E-state index in [-0.39, 0.29) is 12.1 Å². The van der Waals surface area contributed by atoms with Gasteiger partial charge in [-0.2, -0.15) is 0 Å². The quantitative estimate of drug-likeness (QED) is 0.680. The zero-order valence-electron chi connectivity index (χ0n) is 11.8. The van der Waals surface area contributed by atoms with Gasteiger partial charge >= 0.3 is 12.0 Å². The molecule has 1 saturated carbocycles. The van der Waals surface area contributed by atoms with E-state index in [2.05, 4.69) is 10.6 Å². The molecule has 1 heterocycles. The fourth-order valence-corrected chi connectivity index (χ4v) is 2.98. The van der Waals surface area contributed by atoms with Crippen LogP contribution in [0.3, 0.4) is 0 Å². The van der Waals surface area contributed by atoms with Gasteiger partial charge < -0.3 is 20.5 Å². The number of hydrogen-bond donors (Lipinski definition) is 3. The number of carbonyl (C=O) groups is 2. The largest absolute Gasteiger partial charge is 0.481 e. The zero-order valence-corrected chi connectivity index (χ0v) is 11.8. The molecular formula is C14H24N2O4. The van der Waals surface area contributed by atoms with Gasteiger partial charge in [0.1, 0.15) is 0 Å². The van der Waals surface area contributed by atoms with Gasteiger partial charge in [-0.3, -0.25) is 4.79 Å². The first-order chi connectivity index (χ1) is 9.66. The van der Waals surface area contributed by atoms with Gasteiger partial charge in [-0.15, -0.1) is 0 Å². The highest BCUT2D eigenvalue weighted by atomic mass is 16.5. The van der Waals surface area contributed by atoms with Crippen LogP contribution in [0.1, 0.15) is 38.5 Å². The van der Waals surface area contributed by atoms with Gasteiger partial charge in [0.2, 0.25) is 0 Å². The number of ether oxygens (including phenoxy) is 1. The Balaban J connectivity index is 1.79. The first kappa shape index (κ1) is 15.1. The maximum atomic E-state index is 11.9. The molecule has 3 N–H and O–H groups in total. The third kappa shape index (κ3) is 4.37. The Labute approximate surface area is 119 Å². The van der Waals surface area contributed by atoms with Crippen molar-refractivity contribution >= 4 is 12.0 Å². The number of urea groups is 1. The van der Waals surface area contributed by atoms with Gasteiger partial charge in [-0.05, 0) is 19.3 Å². The van der Waals surface area contributed by atoms with Crippen LogP contribution in [0, 0.1) is 11.8 Å². The molecule has 0 bridgehead atoms. The lowest BCUT2D eigenvalue weighted by Gasteiger charge is -2.23. The molecule has 114 valence electrons. The number of aliphatic carboxylic acids is 1. The highest BCUT2D eigenvalue weighted by Crippen LogP contribution is 2.23. The molecule has 2 amide bonds. The van der Waals surface area contributed by atoms with E-state index in [1.54, 1.807) is 0 Å². The fourth-order valence-electron chi connectivity index (χ4n) is 2.98. The molecule has 1 aliphatic heterocycles. The topological polar surface area (TPSA) is 87.7 Å². The lowest BCUT2D eigenvalue weighted by molar-refractivity contribution is -0.142. The molecule has 2 rings (SSSR count). The molecule has 6 heteroatoms. The van der Waals surface area contributed by atoms with Crippen LogP contribution >= 0.6 is 0 Å². The van der Waals surface area contributed by atoms with Crippen molar-refractivity contribution in [2.75, 3.05) is 19.8 Å². The Hall–Kier alpha value is -1.30. The molecule has 20 heavy (non-hydrogen) atoms. The van der Waals surface area contributed by atoms with Crippen molar-refractivity contribution in [3.05, 3.63) is 0 Å². The second kappa shape index (κ2) is 7.47. The summed E-state index contributed by atoms with van der Waals surface area (Å²) in [7, 11) is 0. The van der Waals surface area contributed by atoms with E-state index in [1.165, 1.54) is 0 Å². The number of carbonyl (C=O) groups excluding carboxylic acids is 1. The molecule has 2 fully saturated rings. The Morgan fingerprint density at radius 3 is 2.65 bits per heavy atom. The molecule has 1 saturated heterocycles. The van der Waals surface area contributed by atoms with Crippen LogP contribution in [0.5, 0.6) is 0 Å². The van der Waals surface area contributed by atoms with E-state index in [4.69, 9.17) is 4.74 Å². The summed E-state index contributed by atoms with van der Waals surface area (Å²) in [5.74, 6) is -0.885. The smallest absolute Gasteiger partial charge is 0.315 e. The Morgan fingerprint density at radius 1 is 1.15 bits per heavy atom. The van der Waals surface area contributed by atoms with E-state index in [0.29, 0.717) is 25.5 Å². The van der Waals surface area contributed by atoms with Crippen LogP contribution in [-0.4, -0.2) is 42.9 Å². The summed E-state index contributed by atoms with van der Waals surface area (Å²) in [6, 6.07) is -0.509. The summed E-state index contributed by atoms with van der Waals surface area (Å²) in [6.07, 6.45) is 5.32. The number of rotatable bonds is 4. The highest BCUT2D eigenvalue weighted by Gasteiger charge is 2.30. The van der Waals surface area contributed by atoms with Gasteiger partial charge in [-0.1, -0.05) is 19.3 Å². The molecule has 1 aliphatic carbocycles. The summed E-state index contributed by atoms with van der Waals surface area (Å²) in [5.41, 5.74) is 0. The van der Waals surface area contributed by atoms with Gasteiger partial charge in [0.25, 0.3) is 0 Å². The number of hydrogen-bond acceptors (Lipinski definition) is 3. The Morgan fingerprint density at radius 2 is 1.95 bits per heavy atom. The first-order valence-corrected chi connectivity index (χ1v) is 7.51. The second-order valence-corrected chi connectivity index (χ2v) is 5.77. The highest BCUT2D eigenvalue weighted by molar-refractivity contribution is 5.76. The van der Waals surface area contributed by atoms with E-state index >= 15 is 0 Å². The average Bonchev–Trinajstić information content (AvgIpc) is 2.82. The molecule has 0 aromatic rings. The van der Waals surface area contributed by atoms with Crippen molar-refractivity contribution in [3.8, 4) is 0 Å². The predicted octanol–water partition coefficient (Wildman–Crippen LogP) is 1.36. The molecule has 0 aromatic heterocycles. The van der Waals surface area contributed by atoms with Crippen molar-refractivity contribution in [1.82, 2.24) is 10.6 Å². The molecule has 3 atom stereocenters. The predicted molar refractivity (Wildman–Crippen MR) is 73.5 cm³/mol. The van der Waals surface area contributed by atoms with Crippen molar-refractivity contribution in [2.24, 2.45) is 11.8 Å².